The number of hydrogen-bond donors (Lipinski definition) is 1. The molecule has 0 aromatic heterocycles. The lowest BCUT2D eigenvalue weighted by Crippen LogP contribution is -2.50. The molecule has 1 unspecified atom stereocenters. The molecule has 2 heterocycles. The minimum Gasteiger partial charge on any atom is -0.316 e. The van der Waals surface area contributed by atoms with E-state index in [0.717, 1.165) is 5.92 Å². The fourth-order valence-corrected chi connectivity index (χ4v) is 3.46. The maximum Gasteiger partial charge on any atom is 0.0110 e. The quantitative estimate of drug-likeness (QED) is 0.804. The van der Waals surface area contributed by atoms with Gasteiger partial charge in [-0.25, -0.2) is 0 Å². The average molecular weight is 253 g/mol. The van der Waals surface area contributed by atoms with Crippen LogP contribution < -0.4 is 5.32 Å². The van der Waals surface area contributed by atoms with Gasteiger partial charge in [0, 0.05) is 45.8 Å². The van der Waals surface area contributed by atoms with Gasteiger partial charge in [0.2, 0.25) is 0 Å². The molecule has 1 atom stereocenters. The van der Waals surface area contributed by atoms with Crippen LogP contribution in [0.25, 0.3) is 0 Å². The van der Waals surface area contributed by atoms with Crippen molar-refractivity contribution in [1.82, 2.24) is 15.1 Å². The topological polar surface area (TPSA) is 18.5 Å². The first-order valence-corrected chi connectivity index (χ1v) is 7.79. The summed E-state index contributed by atoms with van der Waals surface area (Å²) >= 11 is 0. The highest BCUT2D eigenvalue weighted by Crippen LogP contribution is 2.30. The third-order valence-electron chi connectivity index (χ3n) is 4.73. The van der Waals surface area contributed by atoms with Crippen LogP contribution in [0.15, 0.2) is 0 Å². The van der Waals surface area contributed by atoms with Crippen molar-refractivity contribution in [2.24, 2.45) is 11.3 Å². The van der Waals surface area contributed by atoms with Crippen LogP contribution in [0.1, 0.15) is 33.6 Å². The zero-order valence-electron chi connectivity index (χ0n) is 12.5. The number of hydrogen-bond acceptors (Lipinski definition) is 3. The van der Waals surface area contributed by atoms with Crippen LogP contribution >= 0.6 is 0 Å². The van der Waals surface area contributed by atoms with E-state index in [1.807, 2.05) is 0 Å². The highest BCUT2D eigenvalue weighted by atomic mass is 15.3. The van der Waals surface area contributed by atoms with Crippen molar-refractivity contribution in [1.29, 1.82) is 0 Å². The molecule has 2 rings (SSSR count). The molecule has 0 aromatic carbocycles. The summed E-state index contributed by atoms with van der Waals surface area (Å²) in [5.74, 6) is 0.803. The lowest BCUT2D eigenvalue weighted by atomic mass is 9.83. The molecule has 0 bridgehead atoms. The van der Waals surface area contributed by atoms with Crippen LogP contribution in [-0.2, 0) is 0 Å². The lowest BCUT2D eigenvalue weighted by molar-refractivity contribution is 0.0833. The molecule has 0 radical (unpaired) electrons. The number of nitrogens with zero attached hydrogens (tertiary/aromatic N) is 2. The Balaban J connectivity index is 1.76. The highest BCUT2D eigenvalue weighted by molar-refractivity contribution is 4.90. The van der Waals surface area contributed by atoms with E-state index in [2.05, 4.69) is 35.9 Å². The van der Waals surface area contributed by atoms with Crippen molar-refractivity contribution in [3.8, 4) is 0 Å². The lowest BCUT2D eigenvalue weighted by Gasteiger charge is -2.40. The van der Waals surface area contributed by atoms with Crippen LogP contribution in [-0.4, -0.2) is 62.2 Å². The zero-order chi connectivity index (χ0) is 13.0. The minimum absolute atomic E-state index is 0.570. The van der Waals surface area contributed by atoms with E-state index >= 15 is 0 Å². The zero-order valence-corrected chi connectivity index (χ0v) is 12.5. The van der Waals surface area contributed by atoms with E-state index in [-0.39, 0.29) is 0 Å². The van der Waals surface area contributed by atoms with E-state index in [4.69, 9.17) is 0 Å². The molecule has 2 aliphatic rings. The van der Waals surface area contributed by atoms with Crippen LogP contribution in [0, 0.1) is 11.3 Å². The molecule has 2 saturated heterocycles. The summed E-state index contributed by atoms with van der Waals surface area (Å²) in [6.07, 6.45) is 2.70. The van der Waals surface area contributed by atoms with Crippen molar-refractivity contribution < 1.29 is 0 Å². The summed E-state index contributed by atoms with van der Waals surface area (Å²) in [5.41, 5.74) is 0.570. The Morgan fingerprint density at radius 1 is 1.11 bits per heavy atom. The maximum absolute atomic E-state index is 3.55. The SMILES string of the molecule is CCC1(CN2CCN(CC(C)C)CC2)CCNC1. The fourth-order valence-electron chi connectivity index (χ4n) is 3.46. The van der Waals surface area contributed by atoms with Gasteiger partial charge in [0.15, 0.2) is 0 Å². The van der Waals surface area contributed by atoms with Gasteiger partial charge in [0.1, 0.15) is 0 Å². The largest absolute Gasteiger partial charge is 0.316 e. The third-order valence-corrected chi connectivity index (χ3v) is 4.73. The Morgan fingerprint density at radius 2 is 1.78 bits per heavy atom. The van der Waals surface area contributed by atoms with Gasteiger partial charge in [-0.05, 0) is 30.7 Å². The van der Waals surface area contributed by atoms with Crippen molar-refractivity contribution in [3.63, 3.8) is 0 Å². The third kappa shape index (κ3) is 3.69. The standard InChI is InChI=1S/C15H31N3/c1-4-15(5-6-16-12-15)13-18-9-7-17(8-10-18)11-14(2)3/h14,16H,4-13H2,1-3H3. The molecular formula is C15H31N3. The van der Waals surface area contributed by atoms with Gasteiger partial charge < -0.3 is 15.1 Å². The molecule has 0 aromatic rings. The van der Waals surface area contributed by atoms with E-state index in [1.165, 1.54) is 65.2 Å². The smallest absolute Gasteiger partial charge is 0.0110 e. The van der Waals surface area contributed by atoms with Crippen molar-refractivity contribution in [3.05, 3.63) is 0 Å². The van der Waals surface area contributed by atoms with E-state index in [1.54, 1.807) is 0 Å². The Morgan fingerprint density at radius 3 is 2.28 bits per heavy atom. The maximum atomic E-state index is 3.55. The molecule has 3 heteroatoms. The van der Waals surface area contributed by atoms with Gasteiger partial charge in [-0.2, -0.15) is 0 Å². The Bertz CT molecular complexity index is 238. The second-order valence-electron chi connectivity index (χ2n) is 6.75. The number of piperazine rings is 1. The number of nitrogens with one attached hydrogen (secondary N) is 1. The second kappa shape index (κ2) is 6.36. The summed E-state index contributed by atoms with van der Waals surface area (Å²) in [6, 6.07) is 0. The predicted octanol–water partition coefficient (Wildman–Crippen LogP) is 1.65. The van der Waals surface area contributed by atoms with Crippen LogP contribution in [0.3, 0.4) is 0 Å². The van der Waals surface area contributed by atoms with Crippen molar-refractivity contribution >= 4 is 0 Å². The average Bonchev–Trinajstić information content (AvgIpc) is 2.80. The monoisotopic (exact) mass is 253 g/mol. The molecule has 3 nitrogen and oxygen atoms in total. The molecule has 0 saturated carbocycles. The molecule has 106 valence electrons. The molecule has 2 aliphatic heterocycles. The van der Waals surface area contributed by atoms with Gasteiger partial charge in [0.25, 0.3) is 0 Å². The van der Waals surface area contributed by atoms with Crippen molar-refractivity contribution in [2.75, 3.05) is 52.4 Å². The molecule has 18 heavy (non-hydrogen) atoms. The second-order valence-corrected chi connectivity index (χ2v) is 6.75. The van der Waals surface area contributed by atoms with E-state index < -0.39 is 0 Å². The summed E-state index contributed by atoms with van der Waals surface area (Å²) in [5, 5.41) is 3.55. The van der Waals surface area contributed by atoms with Gasteiger partial charge >= 0.3 is 0 Å². The summed E-state index contributed by atoms with van der Waals surface area (Å²) in [4.78, 5) is 5.33. The summed E-state index contributed by atoms with van der Waals surface area (Å²) in [7, 11) is 0. The Hall–Kier alpha value is -0.120. The minimum atomic E-state index is 0.570. The molecular weight excluding hydrogens is 222 g/mol. The fraction of sp³-hybridized carbons (Fsp3) is 1.00. The number of rotatable bonds is 5. The molecule has 1 N–H and O–H groups in total. The van der Waals surface area contributed by atoms with Gasteiger partial charge in [0.05, 0.1) is 0 Å². The van der Waals surface area contributed by atoms with E-state index in [0.29, 0.717) is 5.41 Å². The Kier molecular flexibility index (Phi) is 5.05. The first-order valence-electron chi connectivity index (χ1n) is 7.79. The molecule has 0 amide bonds. The highest BCUT2D eigenvalue weighted by Gasteiger charge is 2.34. The first-order chi connectivity index (χ1) is 8.63. The molecule has 0 aliphatic carbocycles. The van der Waals surface area contributed by atoms with Gasteiger partial charge in [-0.1, -0.05) is 20.8 Å². The van der Waals surface area contributed by atoms with Gasteiger partial charge in [-0.3, -0.25) is 0 Å². The molecule has 0 spiro atoms. The van der Waals surface area contributed by atoms with Gasteiger partial charge in [-0.15, -0.1) is 0 Å². The molecule has 2 fully saturated rings. The van der Waals surface area contributed by atoms with E-state index in [9.17, 15) is 0 Å². The van der Waals surface area contributed by atoms with Crippen LogP contribution in [0.5, 0.6) is 0 Å². The normalized spacial score (nSPS) is 31.3. The van der Waals surface area contributed by atoms with Crippen LogP contribution in [0.2, 0.25) is 0 Å². The summed E-state index contributed by atoms with van der Waals surface area (Å²) < 4.78 is 0. The van der Waals surface area contributed by atoms with Crippen LogP contribution in [0.4, 0.5) is 0 Å². The summed E-state index contributed by atoms with van der Waals surface area (Å²) in [6.45, 7) is 17.1. The Labute approximate surface area is 113 Å². The first kappa shape index (κ1) is 14.3. The van der Waals surface area contributed by atoms with Crippen molar-refractivity contribution in [2.45, 2.75) is 33.6 Å². The predicted molar refractivity (Wildman–Crippen MR) is 77.9 cm³/mol.